The van der Waals surface area contributed by atoms with Crippen molar-refractivity contribution in [2.75, 3.05) is 44.0 Å². The van der Waals surface area contributed by atoms with E-state index in [1.165, 1.54) is 11.3 Å². The highest BCUT2D eigenvalue weighted by Crippen LogP contribution is 2.24. The number of benzene rings is 1. The molecule has 27 heavy (non-hydrogen) atoms. The van der Waals surface area contributed by atoms with Crippen molar-refractivity contribution in [3.05, 3.63) is 24.3 Å². The lowest BCUT2D eigenvalue weighted by atomic mass is 10.1. The summed E-state index contributed by atoms with van der Waals surface area (Å²) >= 11 is 0. The van der Waals surface area contributed by atoms with Crippen molar-refractivity contribution in [2.24, 2.45) is 0 Å². The zero-order valence-corrected chi connectivity index (χ0v) is 15.8. The van der Waals surface area contributed by atoms with Gasteiger partial charge >= 0.3 is 12.1 Å². The van der Waals surface area contributed by atoms with Gasteiger partial charge in [0.2, 0.25) is 0 Å². The molecule has 0 bridgehead atoms. The first-order chi connectivity index (χ1) is 13.0. The largest absolute Gasteiger partial charge is 0.378 e. The number of urea groups is 2. The molecule has 0 aliphatic carbocycles. The molecule has 0 unspecified atom stereocenters. The molecule has 8 heteroatoms. The summed E-state index contributed by atoms with van der Waals surface area (Å²) < 4.78 is 5.70. The van der Waals surface area contributed by atoms with E-state index in [9.17, 15) is 14.4 Å². The Bertz CT molecular complexity index is 717. The maximum absolute atomic E-state index is 12.4. The lowest BCUT2D eigenvalue weighted by molar-refractivity contribution is -0.116. The quantitative estimate of drug-likeness (QED) is 0.803. The molecule has 1 atom stereocenters. The Balaban J connectivity index is 1.57. The number of ether oxygens (including phenoxy) is 1. The molecule has 146 valence electrons. The number of nitrogens with zero attached hydrogens (tertiary/aromatic N) is 3. The van der Waals surface area contributed by atoms with Crippen LogP contribution in [0.1, 0.15) is 25.7 Å². The fourth-order valence-electron chi connectivity index (χ4n) is 3.29. The maximum Gasteiger partial charge on any atom is 0.331 e. The van der Waals surface area contributed by atoms with Crippen LogP contribution in [0.15, 0.2) is 24.3 Å². The van der Waals surface area contributed by atoms with Crippen LogP contribution < -0.4 is 10.2 Å². The number of carbonyl (C=O) groups is 3. The van der Waals surface area contributed by atoms with Crippen molar-refractivity contribution >= 4 is 29.3 Å². The molecule has 8 nitrogen and oxygen atoms in total. The van der Waals surface area contributed by atoms with E-state index in [4.69, 9.17) is 4.74 Å². The van der Waals surface area contributed by atoms with Crippen molar-refractivity contribution in [2.45, 2.75) is 31.8 Å². The van der Waals surface area contributed by atoms with E-state index in [2.05, 4.69) is 5.32 Å². The minimum absolute atomic E-state index is 0.0569. The fraction of sp³-hybridized carbons (Fsp3) is 0.526. The Kier molecular flexibility index (Phi) is 5.95. The third-order valence-corrected chi connectivity index (χ3v) is 4.90. The number of hydrogen-bond donors (Lipinski definition) is 1. The van der Waals surface area contributed by atoms with Gasteiger partial charge in [0.25, 0.3) is 5.91 Å². The molecule has 2 aliphatic rings. The number of rotatable bonds is 5. The normalized spacial score (nSPS) is 20.1. The number of nitrogens with one attached hydrogen (secondary N) is 1. The van der Waals surface area contributed by atoms with E-state index in [0.717, 1.165) is 30.8 Å². The van der Waals surface area contributed by atoms with E-state index in [1.807, 2.05) is 0 Å². The molecular formula is C19H26N4O4. The van der Waals surface area contributed by atoms with Crippen LogP contribution in [0, 0.1) is 0 Å². The van der Waals surface area contributed by atoms with E-state index in [-0.39, 0.29) is 30.6 Å². The highest BCUT2D eigenvalue weighted by Gasteiger charge is 2.34. The van der Waals surface area contributed by atoms with Crippen LogP contribution in [0.3, 0.4) is 0 Å². The Hall–Kier alpha value is -2.61. The number of amides is 5. The first kappa shape index (κ1) is 19.2. The summed E-state index contributed by atoms with van der Waals surface area (Å²) in [5.74, 6) is -0.282. The monoisotopic (exact) mass is 374 g/mol. The van der Waals surface area contributed by atoms with Gasteiger partial charge in [-0.3, -0.25) is 4.79 Å². The molecule has 2 aliphatic heterocycles. The van der Waals surface area contributed by atoms with Gasteiger partial charge in [0.05, 0.1) is 11.8 Å². The van der Waals surface area contributed by atoms with Crippen molar-refractivity contribution in [3.8, 4) is 0 Å². The molecule has 1 aromatic carbocycles. The van der Waals surface area contributed by atoms with Crippen LogP contribution in [-0.2, 0) is 9.53 Å². The second-order valence-corrected chi connectivity index (χ2v) is 7.05. The Morgan fingerprint density at radius 3 is 2.81 bits per heavy atom. The zero-order chi connectivity index (χ0) is 19.4. The predicted molar refractivity (Wildman–Crippen MR) is 102 cm³/mol. The van der Waals surface area contributed by atoms with Gasteiger partial charge in [-0.15, -0.1) is 0 Å². The molecule has 0 aromatic heterocycles. The molecule has 0 saturated carbocycles. The fourth-order valence-corrected chi connectivity index (χ4v) is 3.29. The number of likely N-dealkylation sites (N-methyl/N-ethyl adjacent to an activating group) is 1. The molecule has 2 fully saturated rings. The molecule has 2 heterocycles. The lowest BCUT2D eigenvalue weighted by Crippen LogP contribution is -2.35. The van der Waals surface area contributed by atoms with Crippen LogP contribution in [0.4, 0.5) is 21.0 Å². The Morgan fingerprint density at radius 1 is 1.33 bits per heavy atom. The summed E-state index contributed by atoms with van der Waals surface area (Å²) in [6, 6.07) is 6.14. The summed E-state index contributed by atoms with van der Waals surface area (Å²) in [6.45, 7) is 1.46. The maximum atomic E-state index is 12.4. The number of imide groups is 1. The van der Waals surface area contributed by atoms with Gasteiger partial charge in [-0.25, -0.2) is 14.5 Å². The van der Waals surface area contributed by atoms with Crippen LogP contribution in [0.25, 0.3) is 0 Å². The minimum Gasteiger partial charge on any atom is -0.378 e. The molecule has 0 radical (unpaired) electrons. The molecule has 1 aromatic rings. The van der Waals surface area contributed by atoms with Crippen LogP contribution in [0.5, 0.6) is 0 Å². The van der Waals surface area contributed by atoms with Crippen LogP contribution >= 0.6 is 0 Å². The average molecular weight is 374 g/mol. The molecule has 1 N–H and O–H groups in total. The predicted octanol–water partition coefficient (Wildman–Crippen LogP) is 2.51. The first-order valence-corrected chi connectivity index (χ1v) is 9.27. The molecule has 3 rings (SSSR count). The average Bonchev–Trinajstić information content (AvgIpc) is 2.92. The summed E-state index contributed by atoms with van der Waals surface area (Å²) in [5.41, 5.74) is 0.985. The Morgan fingerprint density at radius 2 is 2.15 bits per heavy atom. The van der Waals surface area contributed by atoms with Crippen molar-refractivity contribution < 1.29 is 19.1 Å². The summed E-state index contributed by atoms with van der Waals surface area (Å²) in [4.78, 5) is 40.7. The smallest absolute Gasteiger partial charge is 0.331 e. The van der Waals surface area contributed by atoms with Gasteiger partial charge in [0.15, 0.2) is 0 Å². The SMILES string of the molecule is CN(CC[C@@H]1CCCCO1)C(=O)Nc1cccc(N2C(=O)CN(C)C2=O)c1. The number of carbonyl (C=O) groups excluding carboxylic acids is 3. The second-order valence-electron chi connectivity index (χ2n) is 7.05. The van der Waals surface area contributed by atoms with Gasteiger partial charge in [0.1, 0.15) is 6.54 Å². The van der Waals surface area contributed by atoms with E-state index in [0.29, 0.717) is 17.9 Å². The van der Waals surface area contributed by atoms with E-state index >= 15 is 0 Å². The molecule has 2 saturated heterocycles. The van der Waals surface area contributed by atoms with Gasteiger partial charge in [-0.2, -0.15) is 0 Å². The molecule has 5 amide bonds. The third kappa shape index (κ3) is 4.57. The van der Waals surface area contributed by atoms with Gasteiger partial charge in [-0.05, 0) is 43.9 Å². The Labute approximate surface area is 159 Å². The van der Waals surface area contributed by atoms with E-state index < -0.39 is 0 Å². The van der Waals surface area contributed by atoms with Gasteiger partial charge in [0, 0.05) is 32.9 Å². The van der Waals surface area contributed by atoms with E-state index in [1.54, 1.807) is 43.3 Å². The van der Waals surface area contributed by atoms with Crippen molar-refractivity contribution in [1.82, 2.24) is 9.80 Å². The van der Waals surface area contributed by atoms with Crippen LogP contribution in [0.2, 0.25) is 0 Å². The topological polar surface area (TPSA) is 82.2 Å². The zero-order valence-electron chi connectivity index (χ0n) is 15.8. The third-order valence-electron chi connectivity index (χ3n) is 4.90. The first-order valence-electron chi connectivity index (χ1n) is 9.27. The van der Waals surface area contributed by atoms with Gasteiger partial charge in [-0.1, -0.05) is 6.07 Å². The number of hydrogen-bond acceptors (Lipinski definition) is 4. The molecular weight excluding hydrogens is 348 g/mol. The standard InChI is InChI=1S/C19H26N4O4/c1-21(10-9-16-8-3-4-11-27-16)18(25)20-14-6-5-7-15(12-14)23-17(24)13-22(2)19(23)26/h5-7,12,16H,3-4,8-11,13H2,1-2H3,(H,20,25)/t16-/m0/s1. The summed E-state index contributed by atoms with van der Waals surface area (Å²) in [5, 5.41) is 2.82. The summed E-state index contributed by atoms with van der Waals surface area (Å²) in [6.07, 6.45) is 4.37. The summed E-state index contributed by atoms with van der Waals surface area (Å²) in [7, 11) is 3.32. The number of anilines is 2. The highest BCUT2D eigenvalue weighted by atomic mass is 16.5. The molecule has 0 spiro atoms. The van der Waals surface area contributed by atoms with Gasteiger partial charge < -0.3 is 19.9 Å². The lowest BCUT2D eigenvalue weighted by Gasteiger charge is -2.25. The highest BCUT2D eigenvalue weighted by molar-refractivity contribution is 6.19. The second kappa shape index (κ2) is 8.39. The van der Waals surface area contributed by atoms with Crippen molar-refractivity contribution in [3.63, 3.8) is 0 Å². The minimum atomic E-state index is -0.368. The van der Waals surface area contributed by atoms with Crippen LogP contribution in [-0.4, -0.2) is 67.7 Å². The van der Waals surface area contributed by atoms with Crippen molar-refractivity contribution in [1.29, 1.82) is 0 Å².